The van der Waals surface area contributed by atoms with E-state index in [0.29, 0.717) is 0 Å². The lowest BCUT2D eigenvalue weighted by atomic mass is 9.95. The zero-order valence-corrected chi connectivity index (χ0v) is 14.6. The zero-order valence-electron chi connectivity index (χ0n) is 13.8. The van der Waals surface area contributed by atoms with Crippen LogP contribution in [-0.4, -0.2) is 5.71 Å². The summed E-state index contributed by atoms with van der Waals surface area (Å²) in [4.78, 5) is 0. The van der Waals surface area contributed by atoms with Crippen molar-refractivity contribution < 1.29 is 0 Å². The molecule has 0 radical (unpaired) electrons. The van der Waals surface area contributed by atoms with Crippen molar-refractivity contribution in [3.05, 3.63) is 101 Å². The van der Waals surface area contributed by atoms with Crippen LogP contribution in [0.2, 0.25) is 5.02 Å². The van der Waals surface area contributed by atoms with Crippen LogP contribution in [0.3, 0.4) is 0 Å². The molecule has 1 aliphatic heterocycles. The van der Waals surface area contributed by atoms with E-state index in [4.69, 9.17) is 16.7 Å². The van der Waals surface area contributed by atoms with E-state index in [2.05, 4.69) is 59.6 Å². The molecular weight excluding hydrogens is 328 g/mol. The topological polar surface area (TPSA) is 15.6 Å². The first-order chi connectivity index (χ1) is 12.3. The zero-order chi connectivity index (χ0) is 17.1. The molecular formula is C22H19ClN2. The molecule has 0 spiro atoms. The summed E-state index contributed by atoms with van der Waals surface area (Å²) in [5, 5.41) is 7.92. The van der Waals surface area contributed by atoms with Gasteiger partial charge in [-0.25, -0.2) is 0 Å². The second-order valence-corrected chi connectivity index (χ2v) is 6.64. The fourth-order valence-electron chi connectivity index (χ4n) is 3.29. The molecule has 0 amide bonds. The molecule has 1 unspecified atom stereocenters. The number of halogens is 1. The maximum absolute atomic E-state index is 6.03. The first kappa shape index (κ1) is 15.9. The SMILES string of the molecule is Clc1ccc(C2=NN(c3ccccc3)C(c3ccccc3)CC2)cc1. The molecule has 0 saturated heterocycles. The number of hydrogen-bond donors (Lipinski definition) is 0. The van der Waals surface area contributed by atoms with Crippen molar-refractivity contribution in [2.45, 2.75) is 18.9 Å². The molecule has 0 fully saturated rings. The molecule has 0 saturated carbocycles. The highest BCUT2D eigenvalue weighted by Crippen LogP contribution is 2.35. The molecule has 3 heteroatoms. The van der Waals surface area contributed by atoms with Crippen LogP contribution < -0.4 is 5.01 Å². The van der Waals surface area contributed by atoms with E-state index in [1.165, 1.54) is 5.56 Å². The molecule has 0 aliphatic carbocycles. The van der Waals surface area contributed by atoms with Crippen LogP contribution in [-0.2, 0) is 0 Å². The van der Waals surface area contributed by atoms with Gasteiger partial charge in [-0.3, -0.25) is 5.01 Å². The van der Waals surface area contributed by atoms with E-state index in [-0.39, 0.29) is 6.04 Å². The summed E-state index contributed by atoms with van der Waals surface area (Å²) in [5.41, 5.74) is 4.65. The van der Waals surface area contributed by atoms with Gasteiger partial charge in [-0.15, -0.1) is 0 Å². The molecule has 0 aromatic heterocycles. The van der Waals surface area contributed by atoms with Crippen molar-refractivity contribution in [1.82, 2.24) is 0 Å². The first-order valence-electron chi connectivity index (χ1n) is 8.54. The molecule has 1 aliphatic rings. The Morgan fingerprint density at radius 2 is 1.44 bits per heavy atom. The van der Waals surface area contributed by atoms with Gasteiger partial charge in [0.2, 0.25) is 0 Å². The van der Waals surface area contributed by atoms with Crippen molar-refractivity contribution in [1.29, 1.82) is 0 Å². The Kier molecular flexibility index (Phi) is 4.53. The standard InChI is InChI=1S/C22H19ClN2/c23-19-13-11-17(12-14-19)21-15-16-22(18-7-3-1-4-8-18)25(24-21)20-9-5-2-6-10-20/h1-14,22H,15-16H2. The van der Waals surface area contributed by atoms with E-state index in [1.54, 1.807) is 0 Å². The normalized spacial score (nSPS) is 17.2. The van der Waals surface area contributed by atoms with Crippen molar-refractivity contribution in [3.63, 3.8) is 0 Å². The first-order valence-corrected chi connectivity index (χ1v) is 8.92. The Morgan fingerprint density at radius 1 is 0.800 bits per heavy atom. The summed E-state index contributed by atoms with van der Waals surface area (Å²) in [7, 11) is 0. The van der Waals surface area contributed by atoms with Crippen LogP contribution >= 0.6 is 11.6 Å². The minimum atomic E-state index is 0.250. The number of nitrogens with zero attached hydrogens (tertiary/aromatic N) is 2. The van der Waals surface area contributed by atoms with Gasteiger partial charge in [-0.2, -0.15) is 5.10 Å². The largest absolute Gasteiger partial charge is 0.258 e. The van der Waals surface area contributed by atoms with Gasteiger partial charge >= 0.3 is 0 Å². The Morgan fingerprint density at radius 3 is 2.12 bits per heavy atom. The predicted molar refractivity (Wildman–Crippen MR) is 105 cm³/mol. The summed E-state index contributed by atoms with van der Waals surface area (Å²) in [6.07, 6.45) is 1.98. The summed E-state index contributed by atoms with van der Waals surface area (Å²) in [6, 6.07) is 29.2. The van der Waals surface area contributed by atoms with Crippen LogP contribution in [0.1, 0.15) is 30.0 Å². The van der Waals surface area contributed by atoms with Gasteiger partial charge in [0.1, 0.15) is 0 Å². The average Bonchev–Trinajstić information content (AvgIpc) is 2.69. The summed E-state index contributed by atoms with van der Waals surface area (Å²) in [5.74, 6) is 0. The molecule has 1 atom stereocenters. The van der Waals surface area contributed by atoms with Crippen LogP contribution in [0, 0.1) is 0 Å². The molecule has 2 nitrogen and oxygen atoms in total. The van der Waals surface area contributed by atoms with Crippen LogP contribution in [0.5, 0.6) is 0 Å². The highest BCUT2D eigenvalue weighted by molar-refractivity contribution is 6.30. The van der Waals surface area contributed by atoms with Gasteiger partial charge in [-0.1, -0.05) is 72.3 Å². The maximum atomic E-state index is 6.03. The predicted octanol–water partition coefficient (Wildman–Crippen LogP) is 6.09. The number of benzene rings is 3. The molecule has 3 aromatic carbocycles. The van der Waals surface area contributed by atoms with Crippen molar-refractivity contribution in [2.75, 3.05) is 5.01 Å². The molecule has 4 rings (SSSR count). The quantitative estimate of drug-likeness (QED) is 0.560. The lowest BCUT2D eigenvalue weighted by molar-refractivity contribution is 0.578. The second kappa shape index (κ2) is 7.12. The Balaban J connectivity index is 1.75. The monoisotopic (exact) mass is 346 g/mol. The van der Waals surface area contributed by atoms with Gasteiger partial charge in [0.15, 0.2) is 0 Å². The van der Waals surface area contributed by atoms with Crippen LogP contribution in [0.25, 0.3) is 0 Å². The minimum absolute atomic E-state index is 0.250. The Labute approximate surface area is 153 Å². The molecule has 25 heavy (non-hydrogen) atoms. The molecule has 124 valence electrons. The van der Waals surface area contributed by atoms with E-state index in [0.717, 1.165) is 34.8 Å². The van der Waals surface area contributed by atoms with Crippen LogP contribution in [0.15, 0.2) is 90.0 Å². The van der Waals surface area contributed by atoms with Crippen molar-refractivity contribution in [2.24, 2.45) is 5.10 Å². The summed E-state index contributed by atoms with van der Waals surface area (Å²) in [6.45, 7) is 0. The third kappa shape index (κ3) is 3.45. The average molecular weight is 347 g/mol. The molecule has 1 heterocycles. The number of anilines is 1. The molecule has 3 aromatic rings. The smallest absolute Gasteiger partial charge is 0.0779 e. The Bertz CT molecular complexity index is 858. The Hall–Kier alpha value is -2.58. The number of rotatable bonds is 3. The van der Waals surface area contributed by atoms with Gasteiger partial charge in [0.05, 0.1) is 17.4 Å². The molecule has 0 bridgehead atoms. The highest BCUT2D eigenvalue weighted by atomic mass is 35.5. The van der Waals surface area contributed by atoms with E-state index in [9.17, 15) is 0 Å². The van der Waals surface area contributed by atoms with Gasteiger partial charge in [-0.05, 0) is 48.2 Å². The summed E-state index contributed by atoms with van der Waals surface area (Å²) < 4.78 is 0. The number of hydrogen-bond acceptors (Lipinski definition) is 2. The fraction of sp³-hybridized carbons (Fsp3) is 0.136. The third-order valence-electron chi connectivity index (χ3n) is 4.56. The maximum Gasteiger partial charge on any atom is 0.0779 e. The lowest BCUT2D eigenvalue weighted by Crippen LogP contribution is -2.30. The third-order valence-corrected chi connectivity index (χ3v) is 4.81. The van der Waals surface area contributed by atoms with Gasteiger partial charge in [0, 0.05) is 5.02 Å². The fourth-order valence-corrected chi connectivity index (χ4v) is 3.42. The van der Waals surface area contributed by atoms with E-state index >= 15 is 0 Å². The summed E-state index contributed by atoms with van der Waals surface area (Å²) >= 11 is 6.03. The van der Waals surface area contributed by atoms with Crippen LogP contribution in [0.4, 0.5) is 5.69 Å². The van der Waals surface area contributed by atoms with Gasteiger partial charge in [0.25, 0.3) is 0 Å². The van der Waals surface area contributed by atoms with Crippen molar-refractivity contribution in [3.8, 4) is 0 Å². The van der Waals surface area contributed by atoms with Crippen molar-refractivity contribution >= 4 is 23.0 Å². The highest BCUT2D eigenvalue weighted by Gasteiger charge is 2.26. The van der Waals surface area contributed by atoms with E-state index < -0.39 is 0 Å². The lowest BCUT2D eigenvalue weighted by Gasteiger charge is -2.34. The van der Waals surface area contributed by atoms with Gasteiger partial charge < -0.3 is 0 Å². The molecule has 0 N–H and O–H groups in total. The second-order valence-electron chi connectivity index (χ2n) is 6.20. The number of para-hydroxylation sites is 1. The minimum Gasteiger partial charge on any atom is -0.258 e. The van der Waals surface area contributed by atoms with E-state index in [1.807, 2.05) is 30.3 Å². The number of hydrazone groups is 1.